The summed E-state index contributed by atoms with van der Waals surface area (Å²) in [4.78, 5) is 35.3. The van der Waals surface area contributed by atoms with Gasteiger partial charge in [0.05, 0.1) is 17.7 Å². The van der Waals surface area contributed by atoms with Crippen molar-refractivity contribution in [2.24, 2.45) is 0 Å². The summed E-state index contributed by atoms with van der Waals surface area (Å²) in [7, 11) is 1.29. The van der Waals surface area contributed by atoms with E-state index in [4.69, 9.17) is 16.3 Å². The van der Waals surface area contributed by atoms with E-state index >= 15 is 0 Å². The van der Waals surface area contributed by atoms with E-state index in [9.17, 15) is 18.8 Å². The summed E-state index contributed by atoms with van der Waals surface area (Å²) in [5, 5.41) is 2.34. The third kappa shape index (κ3) is 5.92. The molecule has 0 bridgehead atoms. The van der Waals surface area contributed by atoms with Gasteiger partial charge in [0.1, 0.15) is 5.82 Å². The van der Waals surface area contributed by atoms with E-state index in [0.717, 1.165) is 12.1 Å². The van der Waals surface area contributed by atoms with Crippen molar-refractivity contribution in [1.29, 1.82) is 0 Å². The maximum atomic E-state index is 13.1. The molecule has 0 unspecified atom stereocenters. The standard InChI is InChI=1S/C20H17ClFNO5/c1-12(19(25)23-15-8-9-17(22)16(21)11-15)28-18(24)10-5-13-3-6-14(7-4-13)20(26)27-2/h3-12H,1-2H3,(H,23,25)/b10-5+/t12-/m1/s1. The maximum absolute atomic E-state index is 13.1. The minimum atomic E-state index is -1.08. The fraction of sp³-hybridized carbons (Fsp3) is 0.150. The summed E-state index contributed by atoms with van der Waals surface area (Å²) in [5.41, 5.74) is 1.32. The second-order valence-corrected chi connectivity index (χ2v) is 6.05. The van der Waals surface area contributed by atoms with Gasteiger partial charge in [-0.15, -0.1) is 0 Å². The predicted octanol–water partition coefficient (Wildman–Crippen LogP) is 3.85. The highest BCUT2D eigenvalue weighted by molar-refractivity contribution is 6.31. The molecule has 28 heavy (non-hydrogen) atoms. The number of anilines is 1. The van der Waals surface area contributed by atoms with Crippen LogP contribution in [0.5, 0.6) is 0 Å². The van der Waals surface area contributed by atoms with Crippen LogP contribution in [0.25, 0.3) is 6.08 Å². The van der Waals surface area contributed by atoms with Crippen LogP contribution in [-0.2, 0) is 19.1 Å². The first-order valence-corrected chi connectivity index (χ1v) is 8.51. The minimum absolute atomic E-state index is 0.136. The lowest BCUT2D eigenvalue weighted by Crippen LogP contribution is -2.29. The van der Waals surface area contributed by atoms with Crippen molar-refractivity contribution in [3.05, 3.63) is 70.5 Å². The van der Waals surface area contributed by atoms with Crippen molar-refractivity contribution in [3.8, 4) is 0 Å². The topological polar surface area (TPSA) is 81.7 Å². The number of rotatable bonds is 6. The van der Waals surface area contributed by atoms with Crippen LogP contribution in [0.15, 0.2) is 48.5 Å². The first-order valence-electron chi connectivity index (χ1n) is 8.13. The molecule has 0 heterocycles. The molecule has 1 amide bonds. The van der Waals surface area contributed by atoms with E-state index in [0.29, 0.717) is 11.1 Å². The molecule has 0 spiro atoms. The van der Waals surface area contributed by atoms with Crippen molar-refractivity contribution in [3.63, 3.8) is 0 Å². The van der Waals surface area contributed by atoms with Crippen molar-refractivity contribution in [1.82, 2.24) is 0 Å². The number of halogens is 2. The molecule has 0 saturated carbocycles. The van der Waals surface area contributed by atoms with Gasteiger partial charge in [-0.05, 0) is 48.9 Å². The number of benzene rings is 2. The predicted molar refractivity (Wildman–Crippen MR) is 102 cm³/mol. The minimum Gasteiger partial charge on any atom is -0.465 e. The Labute approximate surface area is 165 Å². The van der Waals surface area contributed by atoms with Crippen LogP contribution in [0.3, 0.4) is 0 Å². The summed E-state index contributed by atoms with van der Waals surface area (Å²) in [5.74, 6) is -2.38. The number of carbonyl (C=O) groups is 3. The zero-order valence-electron chi connectivity index (χ0n) is 15.1. The van der Waals surface area contributed by atoms with Gasteiger partial charge in [0, 0.05) is 11.8 Å². The lowest BCUT2D eigenvalue weighted by atomic mass is 10.1. The van der Waals surface area contributed by atoms with Gasteiger partial charge in [0.25, 0.3) is 5.91 Å². The number of esters is 2. The monoisotopic (exact) mass is 405 g/mol. The van der Waals surface area contributed by atoms with Gasteiger partial charge in [-0.25, -0.2) is 14.0 Å². The molecule has 0 aromatic heterocycles. The smallest absolute Gasteiger partial charge is 0.337 e. The summed E-state index contributed by atoms with van der Waals surface area (Å²) in [6.45, 7) is 1.40. The average molecular weight is 406 g/mol. The van der Waals surface area contributed by atoms with Crippen molar-refractivity contribution >= 4 is 41.2 Å². The fourth-order valence-corrected chi connectivity index (χ4v) is 2.28. The highest BCUT2D eigenvalue weighted by Gasteiger charge is 2.17. The summed E-state index contributed by atoms with van der Waals surface area (Å²) >= 11 is 5.65. The van der Waals surface area contributed by atoms with Crippen LogP contribution in [0.4, 0.5) is 10.1 Å². The number of carbonyl (C=O) groups excluding carboxylic acids is 3. The number of hydrogen-bond donors (Lipinski definition) is 1. The van der Waals surface area contributed by atoms with Gasteiger partial charge < -0.3 is 14.8 Å². The van der Waals surface area contributed by atoms with Crippen LogP contribution in [-0.4, -0.2) is 31.1 Å². The molecule has 1 N–H and O–H groups in total. The molecule has 1 atom stereocenters. The molecule has 0 fully saturated rings. The van der Waals surface area contributed by atoms with Crippen LogP contribution in [0.1, 0.15) is 22.8 Å². The number of methoxy groups -OCH3 is 1. The van der Waals surface area contributed by atoms with Crippen LogP contribution < -0.4 is 5.32 Å². The van der Waals surface area contributed by atoms with Gasteiger partial charge in [0.15, 0.2) is 6.10 Å². The van der Waals surface area contributed by atoms with E-state index < -0.39 is 29.8 Å². The molecule has 0 radical (unpaired) electrons. The molecule has 2 aromatic carbocycles. The number of nitrogens with one attached hydrogen (secondary N) is 1. The lowest BCUT2D eigenvalue weighted by molar-refractivity contribution is -0.148. The Morgan fingerprint density at radius 3 is 2.43 bits per heavy atom. The second kappa shape index (κ2) is 9.66. The molecule has 0 aliphatic rings. The Morgan fingerprint density at radius 2 is 1.82 bits per heavy atom. The molecule has 146 valence electrons. The molecule has 0 aliphatic heterocycles. The first kappa shape index (κ1) is 21.1. The van der Waals surface area contributed by atoms with Crippen molar-refractivity contribution < 1.29 is 28.2 Å². The van der Waals surface area contributed by atoms with Gasteiger partial charge >= 0.3 is 11.9 Å². The van der Waals surface area contributed by atoms with Crippen LogP contribution in [0, 0.1) is 5.82 Å². The van der Waals surface area contributed by atoms with E-state index in [1.807, 2.05) is 0 Å². The highest BCUT2D eigenvalue weighted by atomic mass is 35.5. The third-order valence-electron chi connectivity index (χ3n) is 3.59. The number of hydrogen-bond acceptors (Lipinski definition) is 5. The molecule has 0 saturated heterocycles. The maximum Gasteiger partial charge on any atom is 0.337 e. The van der Waals surface area contributed by atoms with E-state index in [2.05, 4.69) is 10.1 Å². The first-order chi connectivity index (χ1) is 13.3. The van der Waals surface area contributed by atoms with Crippen molar-refractivity contribution in [2.45, 2.75) is 13.0 Å². The Kier molecular flexibility index (Phi) is 7.28. The van der Waals surface area contributed by atoms with E-state index in [1.165, 1.54) is 32.2 Å². The summed E-state index contributed by atoms with van der Waals surface area (Å²) in [6.07, 6.45) is 1.56. The van der Waals surface area contributed by atoms with E-state index in [-0.39, 0.29) is 10.7 Å². The summed E-state index contributed by atoms with van der Waals surface area (Å²) in [6, 6.07) is 10.1. The van der Waals surface area contributed by atoms with Crippen LogP contribution >= 0.6 is 11.6 Å². The van der Waals surface area contributed by atoms with Crippen molar-refractivity contribution in [2.75, 3.05) is 12.4 Å². The second-order valence-electron chi connectivity index (χ2n) is 5.64. The Balaban J connectivity index is 1.90. The Hall–Kier alpha value is -3.19. The zero-order chi connectivity index (χ0) is 20.7. The number of amides is 1. The molecule has 6 nitrogen and oxygen atoms in total. The molecule has 8 heteroatoms. The third-order valence-corrected chi connectivity index (χ3v) is 3.88. The highest BCUT2D eigenvalue weighted by Crippen LogP contribution is 2.19. The molecule has 0 aliphatic carbocycles. The zero-order valence-corrected chi connectivity index (χ0v) is 15.8. The Morgan fingerprint density at radius 1 is 1.14 bits per heavy atom. The molecule has 2 aromatic rings. The SMILES string of the molecule is COC(=O)c1ccc(/C=C/C(=O)O[C@H](C)C(=O)Nc2ccc(F)c(Cl)c2)cc1. The molecular formula is C20H17ClFNO5. The lowest BCUT2D eigenvalue weighted by Gasteiger charge is -2.12. The average Bonchev–Trinajstić information content (AvgIpc) is 2.69. The molecule has 2 rings (SSSR count). The van der Waals surface area contributed by atoms with Gasteiger partial charge in [-0.1, -0.05) is 23.7 Å². The normalized spacial score (nSPS) is 11.7. The van der Waals surface area contributed by atoms with Gasteiger partial charge in [-0.3, -0.25) is 4.79 Å². The van der Waals surface area contributed by atoms with Gasteiger partial charge in [-0.2, -0.15) is 0 Å². The Bertz CT molecular complexity index is 911. The summed E-state index contributed by atoms with van der Waals surface area (Å²) < 4.78 is 22.7. The largest absolute Gasteiger partial charge is 0.465 e. The van der Waals surface area contributed by atoms with E-state index in [1.54, 1.807) is 24.3 Å². The molecular weight excluding hydrogens is 389 g/mol. The quantitative estimate of drug-likeness (QED) is 0.583. The van der Waals surface area contributed by atoms with Crippen LogP contribution in [0.2, 0.25) is 5.02 Å². The van der Waals surface area contributed by atoms with Gasteiger partial charge in [0.2, 0.25) is 0 Å². The number of ether oxygens (including phenoxy) is 2. The fourth-order valence-electron chi connectivity index (χ4n) is 2.10.